The maximum absolute atomic E-state index is 12.3. The number of piperazine rings is 1. The van der Waals surface area contributed by atoms with Crippen LogP contribution in [0.5, 0.6) is 11.5 Å². The van der Waals surface area contributed by atoms with Gasteiger partial charge in [0.1, 0.15) is 11.5 Å². The van der Waals surface area contributed by atoms with E-state index in [0.717, 1.165) is 5.56 Å². The number of amides is 2. The van der Waals surface area contributed by atoms with Crippen LogP contribution in [0.25, 0.3) is 0 Å². The van der Waals surface area contributed by atoms with Gasteiger partial charge in [0, 0.05) is 38.7 Å². The van der Waals surface area contributed by atoms with Crippen LogP contribution in [0.1, 0.15) is 22.5 Å². The van der Waals surface area contributed by atoms with Gasteiger partial charge in [-0.25, -0.2) is 0 Å². The Bertz CT molecular complexity index is 880. The summed E-state index contributed by atoms with van der Waals surface area (Å²) < 4.78 is 20.7. The molecule has 31 heavy (non-hydrogen) atoms. The van der Waals surface area contributed by atoms with Crippen molar-refractivity contribution in [1.29, 1.82) is 0 Å². The van der Waals surface area contributed by atoms with Gasteiger partial charge in [0.25, 0.3) is 11.8 Å². The molecule has 3 rings (SSSR count). The van der Waals surface area contributed by atoms with Crippen LogP contribution >= 0.6 is 0 Å². The van der Waals surface area contributed by atoms with Crippen molar-refractivity contribution in [1.82, 2.24) is 9.80 Å². The smallest absolute Gasteiger partial charge is 0.306 e. The number of hydrogen-bond donors (Lipinski definition) is 0. The maximum atomic E-state index is 12.3. The fourth-order valence-corrected chi connectivity index (χ4v) is 3.28. The second-order valence-corrected chi connectivity index (χ2v) is 7.03. The molecule has 0 unspecified atom stereocenters. The van der Waals surface area contributed by atoms with Crippen LogP contribution < -0.4 is 9.47 Å². The van der Waals surface area contributed by atoms with Gasteiger partial charge in [-0.15, -0.1) is 0 Å². The Balaban J connectivity index is 1.40. The quantitative estimate of drug-likeness (QED) is 0.589. The second kappa shape index (κ2) is 10.5. The van der Waals surface area contributed by atoms with Crippen molar-refractivity contribution in [3.8, 4) is 11.5 Å². The molecular weight excluding hydrogens is 404 g/mol. The summed E-state index contributed by atoms with van der Waals surface area (Å²) in [5.74, 6) is 0.633. The topological polar surface area (TPSA) is 98.5 Å². The number of furan rings is 1. The van der Waals surface area contributed by atoms with Crippen molar-refractivity contribution in [3.05, 3.63) is 47.9 Å². The predicted octanol–water partition coefficient (Wildman–Crippen LogP) is 1.76. The average Bonchev–Trinajstić information content (AvgIpc) is 3.35. The Hall–Kier alpha value is -3.49. The van der Waals surface area contributed by atoms with E-state index in [1.807, 2.05) is 12.1 Å². The zero-order chi connectivity index (χ0) is 22.2. The highest BCUT2D eigenvalue weighted by Crippen LogP contribution is 2.23. The summed E-state index contributed by atoms with van der Waals surface area (Å²) in [4.78, 5) is 39.9. The number of nitrogens with zero attached hydrogens (tertiary/aromatic N) is 2. The molecule has 0 atom stereocenters. The minimum Gasteiger partial charge on any atom is -0.497 e. The molecule has 1 aromatic heterocycles. The van der Waals surface area contributed by atoms with Gasteiger partial charge in [0.2, 0.25) is 0 Å². The molecule has 0 spiro atoms. The number of carbonyl (C=O) groups is 3. The van der Waals surface area contributed by atoms with Crippen molar-refractivity contribution in [2.24, 2.45) is 0 Å². The zero-order valence-corrected chi connectivity index (χ0v) is 17.7. The number of ether oxygens (including phenoxy) is 3. The third kappa shape index (κ3) is 6.00. The molecule has 9 nitrogen and oxygen atoms in total. The molecule has 0 aliphatic carbocycles. The standard InChI is InChI=1S/C22H26N2O7/c1-28-17-12-16(13-18(14-17)29-2)5-6-21(26)31-15-20(25)23-7-9-24(10-8-23)22(27)19-4-3-11-30-19/h3-4,11-14H,5-10,15H2,1-2H3. The molecule has 9 heteroatoms. The third-order valence-electron chi connectivity index (χ3n) is 5.04. The monoisotopic (exact) mass is 430 g/mol. The Morgan fingerprint density at radius 2 is 1.61 bits per heavy atom. The minimum absolute atomic E-state index is 0.134. The van der Waals surface area contributed by atoms with Crippen LogP contribution in [0.15, 0.2) is 41.0 Å². The second-order valence-electron chi connectivity index (χ2n) is 7.03. The summed E-state index contributed by atoms with van der Waals surface area (Å²) in [5.41, 5.74) is 0.872. The molecule has 0 radical (unpaired) electrons. The summed E-state index contributed by atoms with van der Waals surface area (Å²) in [6.07, 6.45) is 2.02. The van der Waals surface area contributed by atoms with Crippen molar-refractivity contribution >= 4 is 17.8 Å². The minimum atomic E-state index is -0.457. The summed E-state index contributed by atoms with van der Waals surface area (Å²) >= 11 is 0. The number of methoxy groups -OCH3 is 2. The highest BCUT2D eigenvalue weighted by Gasteiger charge is 2.26. The Morgan fingerprint density at radius 1 is 0.968 bits per heavy atom. The first-order valence-electron chi connectivity index (χ1n) is 9.98. The molecule has 0 bridgehead atoms. The molecule has 0 N–H and O–H groups in total. The van der Waals surface area contributed by atoms with E-state index >= 15 is 0 Å². The first-order chi connectivity index (χ1) is 15.0. The van der Waals surface area contributed by atoms with Gasteiger partial charge in [-0.05, 0) is 36.2 Å². The lowest BCUT2D eigenvalue weighted by Gasteiger charge is -2.34. The van der Waals surface area contributed by atoms with E-state index < -0.39 is 5.97 Å². The van der Waals surface area contributed by atoms with E-state index in [1.54, 1.807) is 42.2 Å². The lowest BCUT2D eigenvalue weighted by Crippen LogP contribution is -2.51. The Kier molecular flexibility index (Phi) is 7.53. The lowest BCUT2D eigenvalue weighted by molar-refractivity contribution is -0.152. The number of hydrogen-bond acceptors (Lipinski definition) is 7. The highest BCUT2D eigenvalue weighted by atomic mass is 16.5. The van der Waals surface area contributed by atoms with Crippen molar-refractivity contribution in [3.63, 3.8) is 0 Å². The van der Waals surface area contributed by atoms with Crippen LogP contribution in [-0.2, 0) is 20.7 Å². The summed E-state index contributed by atoms with van der Waals surface area (Å²) in [7, 11) is 3.12. The van der Waals surface area contributed by atoms with E-state index in [2.05, 4.69) is 0 Å². The maximum Gasteiger partial charge on any atom is 0.306 e. The van der Waals surface area contributed by atoms with Crippen LogP contribution in [-0.4, -0.2) is 74.6 Å². The number of benzene rings is 1. The Labute approximate surface area is 180 Å². The van der Waals surface area contributed by atoms with E-state index in [0.29, 0.717) is 44.1 Å². The number of carbonyl (C=O) groups excluding carboxylic acids is 3. The first-order valence-corrected chi connectivity index (χ1v) is 9.98. The van der Waals surface area contributed by atoms with Gasteiger partial charge in [0.05, 0.1) is 20.5 Å². The lowest BCUT2D eigenvalue weighted by atomic mass is 10.1. The van der Waals surface area contributed by atoms with Crippen molar-refractivity contribution in [2.45, 2.75) is 12.8 Å². The fourth-order valence-electron chi connectivity index (χ4n) is 3.28. The number of rotatable bonds is 8. The molecular formula is C22H26N2O7. The molecule has 1 fully saturated rings. The molecule has 166 valence electrons. The van der Waals surface area contributed by atoms with E-state index in [-0.39, 0.29) is 30.6 Å². The molecule has 1 aliphatic rings. The Morgan fingerprint density at radius 3 is 2.19 bits per heavy atom. The largest absolute Gasteiger partial charge is 0.497 e. The zero-order valence-electron chi connectivity index (χ0n) is 17.7. The van der Waals surface area contributed by atoms with E-state index in [4.69, 9.17) is 18.6 Å². The molecule has 2 heterocycles. The molecule has 0 saturated carbocycles. The normalized spacial score (nSPS) is 13.6. The number of aryl methyl sites for hydroxylation is 1. The summed E-state index contributed by atoms with van der Waals surface area (Å²) in [5, 5.41) is 0. The van der Waals surface area contributed by atoms with Gasteiger partial charge in [-0.3, -0.25) is 14.4 Å². The number of esters is 1. The predicted molar refractivity (Wildman–Crippen MR) is 110 cm³/mol. The fraction of sp³-hybridized carbons (Fsp3) is 0.409. The van der Waals surface area contributed by atoms with Gasteiger partial charge < -0.3 is 28.4 Å². The average molecular weight is 430 g/mol. The molecule has 1 aromatic carbocycles. The summed E-state index contributed by atoms with van der Waals surface area (Å²) in [6, 6.07) is 8.67. The molecule has 1 saturated heterocycles. The first kappa shape index (κ1) is 22.2. The van der Waals surface area contributed by atoms with Gasteiger partial charge in [0.15, 0.2) is 12.4 Å². The van der Waals surface area contributed by atoms with Crippen LogP contribution in [0.3, 0.4) is 0 Å². The van der Waals surface area contributed by atoms with Gasteiger partial charge in [-0.2, -0.15) is 0 Å². The third-order valence-corrected chi connectivity index (χ3v) is 5.04. The van der Waals surface area contributed by atoms with Crippen LogP contribution in [0.4, 0.5) is 0 Å². The van der Waals surface area contributed by atoms with Crippen LogP contribution in [0, 0.1) is 0 Å². The molecule has 2 amide bonds. The molecule has 2 aromatic rings. The molecule has 1 aliphatic heterocycles. The van der Waals surface area contributed by atoms with E-state index in [9.17, 15) is 14.4 Å². The summed E-state index contributed by atoms with van der Waals surface area (Å²) in [6.45, 7) is 1.25. The van der Waals surface area contributed by atoms with Crippen molar-refractivity contribution in [2.75, 3.05) is 47.0 Å². The van der Waals surface area contributed by atoms with Gasteiger partial charge >= 0.3 is 5.97 Å². The van der Waals surface area contributed by atoms with Crippen molar-refractivity contribution < 1.29 is 33.0 Å². The van der Waals surface area contributed by atoms with E-state index in [1.165, 1.54) is 6.26 Å². The highest BCUT2D eigenvalue weighted by molar-refractivity contribution is 5.91. The van der Waals surface area contributed by atoms with Crippen LogP contribution in [0.2, 0.25) is 0 Å². The van der Waals surface area contributed by atoms with Gasteiger partial charge in [-0.1, -0.05) is 0 Å². The SMILES string of the molecule is COc1cc(CCC(=O)OCC(=O)N2CCN(C(=O)c3ccco3)CC2)cc(OC)c1.